The standard InChI is InChI=1S/C18H16N4O2S/c1-22(18-14-9-5-6-10-16(14)25(23,24)21-18)12-17-19-11-15(20-17)13-7-3-2-4-8-13/h2-11H,12H2,1H3,(H,19,20). The Morgan fingerprint density at radius 2 is 1.76 bits per heavy atom. The number of aromatic nitrogens is 2. The van der Waals surface area contributed by atoms with E-state index >= 15 is 0 Å². The zero-order chi connectivity index (χ0) is 17.4. The summed E-state index contributed by atoms with van der Waals surface area (Å²) < 4.78 is 28.3. The van der Waals surface area contributed by atoms with E-state index in [0.29, 0.717) is 17.9 Å². The third kappa shape index (κ3) is 2.83. The van der Waals surface area contributed by atoms with Crippen molar-refractivity contribution in [1.82, 2.24) is 14.9 Å². The lowest BCUT2D eigenvalue weighted by Crippen LogP contribution is -2.26. The lowest BCUT2D eigenvalue weighted by Gasteiger charge is -2.17. The van der Waals surface area contributed by atoms with Crippen LogP contribution in [0.25, 0.3) is 11.3 Å². The van der Waals surface area contributed by atoms with E-state index in [0.717, 1.165) is 17.1 Å². The van der Waals surface area contributed by atoms with E-state index in [1.54, 1.807) is 36.3 Å². The average Bonchev–Trinajstić information content (AvgIpc) is 3.19. The maximum Gasteiger partial charge on any atom is 0.285 e. The maximum absolute atomic E-state index is 12.2. The minimum absolute atomic E-state index is 0.251. The highest BCUT2D eigenvalue weighted by Crippen LogP contribution is 2.27. The van der Waals surface area contributed by atoms with Crippen LogP contribution in [0.4, 0.5) is 0 Å². The molecule has 1 N–H and O–H groups in total. The van der Waals surface area contributed by atoms with Crippen LogP contribution in [0.5, 0.6) is 0 Å². The van der Waals surface area contributed by atoms with Gasteiger partial charge in [0.15, 0.2) is 5.84 Å². The quantitative estimate of drug-likeness (QED) is 0.786. The SMILES string of the molecule is CN(Cc1ncc(-c2ccccc2)[nH]1)C1=NS(=O)(=O)c2ccccc21. The van der Waals surface area contributed by atoms with Gasteiger partial charge in [-0.3, -0.25) is 0 Å². The number of aromatic amines is 1. The van der Waals surface area contributed by atoms with Crippen molar-refractivity contribution < 1.29 is 8.42 Å². The molecule has 25 heavy (non-hydrogen) atoms. The second-order valence-corrected chi connectivity index (χ2v) is 7.42. The number of hydrogen-bond donors (Lipinski definition) is 1. The van der Waals surface area contributed by atoms with Gasteiger partial charge in [0.1, 0.15) is 10.7 Å². The molecule has 7 heteroatoms. The monoisotopic (exact) mass is 352 g/mol. The molecule has 0 amide bonds. The fourth-order valence-corrected chi connectivity index (χ4v) is 4.12. The van der Waals surface area contributed by atoms with Gasteiger partial charge in [-0.25, -0.2) is 4.98 Å². The molecule has 4 rings (SSSR count). The molecule has 0 aliphatic carbocycles. The minimum atomic E-state index is -3.61. The average molecular weight is 352 g/mol. The van der Waals surface area contributed by atoms with Crippen LogP contribution >= 0.6 is 0 Å². The summed E-state index contributed by atoms with van der Waals surface area (Å²) in [5.74, 6) is 1.18. The molecule has 0 atom stereocenters. The summed E-state index contributed by atoms with van der Waals surface area (Å²) in [6.45, 7) is 0.426. The van der Waals surface area contributed by atoms with Crippen molar-refractivity contribution >= 4 is 15.9 Å². The Balaban J connectivity index is 1.60. The van der Waals surface area contributed by atoms with E-state index in [9.17, 15) is 8.42 Å². The van der Waals surface area contributed by atoms with Gasteiger partial charge in [-0.2, -0.15) is 8.42 Å². The van der Waals surface area contributed by atoms with E-state index in [-0.39, 0.29) is 4.90 Å². The Bertz CT molecular complexity index is 1060. The number of imidazole rings is 1. The molecule has 0 unspecified atom stereocenters. The van der Waals surface area contributed by atoms with Gasteiger partial charge >= 0.3 is 0 Å². The topological polar surface area (TPSA) is 78.4 Å². The van der Waals surface area contributed by atoms with Crippen molar-refractivity contribution in [3.05, 3.63) is 72.2 Å². The summed E-state index contributed by atoms with van der Waals surface area (Å²) in [5, 5.41) is 0. The van der Waals surface area contributed by atoms with Crippen molar-refractivity contribution in [2.24, 2.45) is 4.40 Å². The van der Waals surface area contributed by atoms with Gasteiger partial charge in [0.2, 0.25) is 0 Å². The van der Waals surface area contributed by atoms with Gasteiger partial charge in [0.25, 0.3) is 10.0 Å². The molecule has 0 radical (unpaired) electrons. The highest BCUT2D eigenvalue weighted by atomic mass is 32.2. The molecule has 6 nitrogen and oxygen atoms in total. The van der Waals surface area contributed by atoms with Crippen molar-refractivity contribution in [3.63, 3.8) is 0 Å². The normalized spacial score (nSPS) is 14.8. The number of amidine groups is 1. The molecule has 2 heterocycles. The third-order valence-corrected chi connectivity index (χ3v) is 5.40. The number of rotatable bonds is 3. The molecular formula is C18H16N4O2S. The van der Waals surface area contributed by atoms with E-state index in [2.05, 4.69) is 14.4 Å². The second kappa shape index (κ2) is 5.86. The first kappa shape index (κ1) is 15.6. The highest BCUT2D eigenvalue weighted by Gasteiger charge is 2.30. The van der Waals surface area contributed by atoms with Crippen LogP contribution in [0.3, 0.4) is 0 Å². The van der Waals surface area contributed by atoms with Gasteiger partial charge in [0, 0.05) is 12.6 Å². The van der Waals surface area contributed by atoms with Crippen LogP contribution in [0.2, 0.25) is 0 Å². The summed E-state index contributed by atoms with van der Waals surface area (Å²) in [7, 11) is -1.81. The highest BCUT2D eigenvalue weighted by molar-refractivity contribution is 7.90. The smallest absolute Gasteiger partial charge is 0.285 e. The Morgan fingerprint density at radius 3 is 2.56 bits per heavy atom. The lowest BCUT2D eigenvalue weighted by atomic mass is 10.2. The summed E-state index contributed by atoms with van der Waals surface area (Å²) in [6, 6.07) is 16.8. The molecule has 0 fully saturated rings. The minimum Gasteiger partial charge on any atom is -0.351 e. The van der Waals surface area contributed by atoms with Gasteiger partial charge in [0.05, 0.1) is 18.4 Å². The molecule has 1 aliphatic rings. The zero-order valence-electron chi connectivity index (χ0n) is 13.5. The molecule has 2 aromatic carbocycles. The van der Waals surface area contributed by atoms with Crippen LogP contribution in [-0.4, -0.2) is 36.2 Å². The van der Waals surface area contributed by atoms with Crippen molar-refractivity contribution in [2.75, 3.05) is 7.05 Å². The van der Waals surface area contributed by atoms with Crippen LogP contribution in [0, 0.1) is 0 Å². The first-order valence-electron chi connectivity index (χ1n) is 7.79. The third-order valence-electron chi connectivity index (χ3n) is 4.07. The predicted octanol–water partition coefficient (Wildman–Crippen LogP) is 2.66. The number of hydrogen-bond acceptors (Lipinski definition) is 4. The molecule has 0 bridgehead atoms. The van der Waals surface area contributed by atoms with Crippen LogP contribution < -0.4 is 0 Å². The number of nitrogens with zero attached hydrogens (tertiary/aromatic N) is 3. The summed E-state index contributed by atoms with van der Waals surface area (Å²) in [4.78, 5) is 9.71. The molecule has 1 aliphatic heterocycles. The van der Waals surface area contributed by atoms with Gasteiger partial charge in [-0.05, 0) is 17.7 Å². The van der Waals surface area contributed by atoms with Gasteiger partial charge in [-0.1, -0.05) is 42.5 Å². The molecule has 0 spiro atoms. The molecular weight excluding hydrogens is 336 g/mol. The zero-order valence-corrected chi connectivity index (χ0v) is 14.4. The Kier molecular flexibility index (Phi) is 3.65. The number of sulfonamides is 1. The van der Waals surface area contributed by atoms with Gasteiger partial charge < -0.3 is 9.88 Å². The van der Waals surface area contributed by atoms with E-state index in [1.807, 2.05) is 36.4 Å². The summed E-state index contributed by atoms with van der Waals surface area (Å²) in [5.41, 5.74) is 2.60. The van der Waals surface area contributed by atoms with Gasteiger partial charge in [-0.15, -0.1) is 4.40 Å². The van der Waals surface area contributed by atoms with Crippen molar-refractivity contribution in [2.45, 2.75) is 11.4 Å². The van der Waals surface area contributed by atoms with Crippen molar-refractivity contribution in [1.29, 1.82) is 0 Å². The van der Waals surface area contributed by atoms with Crippen LogP contribution in [0.1, 0.15) is 11.4 Å². The summed E-state index contributed by atoms with van der Waals surface area (Å²) in [6.07, 6.45) is 1.78. The first-order chi connectivity index (χ1) is 12.0. The van der Waals surface area contributed by atoms with Crippen molar-refractivity contribution in [3.8, 4) is 11.3 Å². The molecule has 0 saturated heterocycles. The van der Waals surface area contributed by atoms with Crippen LogP contribution in [-0.2, 0) is 16.6 Å². The van der Waals surface area contributed by atoms with E-state index in [1.165, 1.54) is 0 Å². The largest absolute Gasteiger partial charge is 0.351 e. The Labute approximate surface area is 145 Å². The van der Waals surface area contributed by atoms with Crippen LogP contribution in [0.15, 0.2) is 70.1 Å². The first-order valence-corrected chi connectivity index (χ1v) is 9.23. The molecule has 126 valence electrons. The molecule has 0 saturated carbocycles. The van der Waals surface area contributed by atoms with E-state index < -0.39 is 10.0 Å². The number of fused-ring (bicyclic) bond motifs is 1. The molecule has 1 aromatic heterocycles. The fourth-order valence-electron chi connectivity index (χ4n) is 2.87. The number of nitrogens with one attached hydrogen (secondary N) is 1. The lowest BCUT2D eigenvalue weighted by molar-refractivity contribution is 0.487. The fraction of sp³-hybridized carbons (Fsp3) is 0.111. The Morgan fingerprint density at radius 1 is 1.04 bits per heavy atom. The Hall–Kier alpha value is -2.93. The molecule has 3 aromatic rings. The maximum atomic E-state index is 12.2. The van der Waals surface area contributed by atoms with E-state index in [4.69, 9.17) is 0 Å². The summed E-state index contributed by atoms with van der Waals surface area (Å²) >= 11 is 0. The number of benzene rings is 2. The second-order valence-electron chi connectivity index (χ2n) is 5.85. The number of H-pyrrole nitrogens is 1. The predicted molar refractivity (Wildman–Crippen MR) is 95.7 cm³/mol.